The molecule has 11 heteroatoms. The molecule has 20 heavy (non-hydrogen) atoms. The first-order chi connectivity index (χ1) is 9.23. The third-order valence-electron chi connectivity index (χ3n) is 1.83. The van der Waals surface area contributed by atoms with Crippen molar-refractivity contribution in [1.29, 1.82) is 0 Å². The second-order valence-corrected chi connectivity index (χ2v) is 4.81. The summed E-state index contributed by atoms with van der Waals surface area (Å²) in [4.78, 5) is 10.7. The van der Waals surface area contributed by atoms with Crippen molar-refractivity contribution in [2.75, 3.05) is 46.8 Å². The fourth-order valence-electron chi connectivity index (χ4n) is 0.847. The van der Waals surface area contributed by atoms with Crippen LogP contribution in [-0.4, -0.2) is 70.9 Å². The van der Waals surface area contributed by atoms with Gasteiger partial charge < -0.3 is 18.9 Å². The van der Waals surface area contributed by atoms with Gasteiger partial charge in [-0.1, -0.05) is 0 Å². The molecule has 0 aliphatic carbocycles. The van der Waals surface area contributed by atoms with Gasteiger partial charge in [0.15, 0.2) is 0 Å². The van der Waals surface area contributed by atoms with Gasteiger partial charge in [-0.15, -0.1) is 0 Å². The lowest BCUT2D eigenvalue weighted by Crippen LogP contribution is -2.39. The van der Waals surface area contributed by atoms with Crippen molar-refractivity contribution < 1.29 is 45.5 Å². The average molecular weight is 322 g/mol. The summed E-state index contributed by atoms with van der Waals surface area (Å²) >= 11 is 0. The van der Waals surface area contributed by atoms with Crippen LogP contribution in [0.25, 0.3) is 0 Å². The van der Waals surface area contributed by atoms with Gasteiger partial charge in [-0.25, -0.2) is 4.79 Å². The van der Waals surface area contributed by atoms with Gasteiger partial charge in [0.05, 0.1) is 33.0 Å². The highest BCUT2D eigenvalue weighted by atomic mass is 32.2. The van der Waals surface area contributed by atoms with E-state index in [2.05, 4.69) is 4.74 Å². The minimum absolute atomic E-state index is 0.135. The number of alkyl halides is 2. The van der Waals surface area contributed by atoms with Crippen LogP contribution in [0.1, 0.15) is 0 Å². The largest absolute Gasteiger partial charge is 0.465 e. The second-order valence-electron chi connectivity index (χ2n) is 3.35. The Hall–Kier alpha value is -0.880. The van der Waals surface area contributed by atoms with Crippen molar-refractivity contribution in [1.82, 2.24) is 0 Å². The van der Waals surface area contributed by atoms with E-state index in [1.165, 1.54) is 7.11 Å². The molecule has 0 fully saturated rings. The Morgan fingerprint density at radius 1 is 1.05 bits per heavy atom. The summed E-state index contributed by atoms with van der Waals surface area (Å²) in [6, 6.07) is 0. The average Bonchev–Trinajstić information content (AvgIpc) is 2.35. The van der Waals surface area contributed by atoms with E-state index in [4.69, 9.17) is 18.8 Å². The molecular weight excluding hydrogens is 306 g/mol. The molecule has 0 saturated heterocycles. The molecule has 0 aliphatic heterocycles. The molecule has 0 rings (SSSR count). The maximum absolute atomic E-state index is 12.7. The molecule has 0 aliphatic rings. The second kappa shape index (κ2) is 9.13. The first-order valence-electron chi connectivity index (χ1n) is 5.40. The summed E-state index contributed by atoms with van der Waals surface area (Å²) in [5.74, 6) is -2.36. The standard InChI is InChI=1S/C9H16F2O8S/c1-16-2-3-17-4-5-18-6-7-19-8(12)9(10,11)20(13,14)15/h2-7H2,1H3,(H,13,14,15). The van der Waals surface area contributed by atoms with Crippen LogP contribution in [0.4, 0.5) is 8.78 Å². The lowest BCUT2D eigenvalue weighted by atomic mass is 10.6. The summed E-state index contributed by atoms with van der Waals surface area (Å²) in [5, 5.41) is -4.99. The Labute approximate surface area is 114 Å². The van der Waals surface area contributed by atoms with Crippen LogP contribution in [0.5, 0.6) is 0 Å². The Balaban J connectivity index is 3.69. The molecule has 8 nitrogen and oxygen atoms in total. The quantitative estimate of drug-likeness (QED) is 0.313. The Bertz CT molecular complexity index is 383. The summed E-state index contributed by atoms with van der Waals surface area (Å²) in [7, 11) is -4.33. The van der Waals surface area contributed by atoms with Gasteiger partial charge in [0.25, 0.3) is 0 Å². The zero-order valence-corrected chi connectivity index (χ0v) is 11.5. The zero-order valence-electron chi connectivity index (χ0n) is 10.7. The molecule has 120 valence electrons. The summed E-state index contributed by atoms with van der Waals surface area (Å²) in [6.45, 7) is 0.356. The molecule has 0 amide bonds. The minimum Gasteiger partial charge on any atom is -0.458 e. The predicted octanol–water partition coefficient (Wildman–Crippen LogP) is -0.310. The van der Waals surface area contributed by atoms with Gasteiger partial charge in [-0.05, 0) is 0 Å². The Kier molecular flexibility index (Phi) is 8.73. The van der Waals surface area contributed by atoms with E-state index in [1.807, 2.05) is 0 Å². The van der Waals surface area contributed by atoms with Crippen LogP contribution >= 0.6 is 0 Å². The highest BCUT2D eigenvalue weighted by Crippen LogP contribution is 2.21. The molecule has 1 N–H and O–H groups in total. The van der Waals surface area contributed by atoms with Crippen LogP contribution in [-0.2, 0) is 33.9 Å². The third-order valence-corrected chi connectivity index (χ3v) is 2.64. The number of hydrogen-bond acceptors (Lipinski definition) is 7. The number of halogens is 2. The number of hydrogen-bond donors (Lipinski definition) is 1. The fourth-order valence-corrected chi connectivity index (χ4v) is 1.12. The fraction of sp³-hybridized carbons (Fsp3) is 0.889. The third kappa shape index (κ3) is 7.05. The molecular formula is C9H16F2O8S. The van der Waals surface area contributed by atoms with E-state index in [1.54, 1.807) is 0 Å². The monoisotopic (exact) mass is 322 g/mol. The van der Waals surface area contributed by atoms with E-state index in [9.17, 15) is 22.0 Å². The first-order valence-corrected chi connectivity index (χ1v) is 6.84. The maximum atomic E-state index is 12.7. The summed E-state index contributed by atoms with van der Waals surface area (Å²) in [6.07, 6.45) is 0. The lowest BCUT2D eigenvalue weighted by Gasteiger charge is -2.12. The predicted molar refractivity (Wildman–Crippen MR) is 61.0 cm³/mol. The van der Waals surface area contributed by atoms with Crippen LogP contribution in [0.15, 0.2) is 0 Å². The number of carbonyl (C=O) groups excluding carboxylic acids is 1. The molecule has 0 unspecified atom stereocenters. The molecule has 0 radical (unpaired) electrons. The molecule has 0 bridgehead atoms. The molecule has 0 aromatic heterocycles. The Morgan fingerprint density at radius 2 is 1.50 bits per heavy atom. The zero-order chi connectivity index (χ0) is 15.6. The highest BCUT2D eigenvalue weighted by Gasteiger charge is 2.54. The van der Waals surface area contributed by atoms with Crippen molar-refractivity contribution in [3.63, 3.8) is 0 Å². The number of ether oxygens (including phenoxy) is 4. The van der Waals surface area contributed by atoms with Gasteiger partial charge in [0.1, 0.15) is 6.61 Å². The molecule has 0 atom stereocenters. The number of methoxy groups -OCH3 is 1. The Morgan fingerprint density at radius 3 is 1.95 bits per heavy atom. The van der Waals surface area contributed by atoms with Crippen molar-refractivity contribution in [2.45, 2.75) is 5.25 Å². The van der Waals surface area contributed by atoms with Crippen molar-refractivity contribution in [3.8, 4) is 0 Å². The van der Waals surface area contributed by atoms with E-state index in [0.717, 1.165) is 0 Å². The normalized spacial score (nSPS) is 12.4. The van der Waals surface area contributed by atoms with Crippen LogP contribution in [0.2, 0.25) is 0 Å². The number of carbonyl (C=O) groups is 1. The van der Waals surface area contributed by atoms with Crippen LogP contribution < -0.4 is 0 Å². The number of esters is 1. The summed E-state index contributed by atoms with van der Waals surface area (Å²) in [5.41, 5.74) is 0. The van der Waals surface area contributed by atoms with Crippen LogP contribution in [0.3, 0.4) is 0 Å². The van der Waals surface area contributed by atoms with E-state index in [0.29, 0.717) is 13.2 Å². The summed E-state index contributed by atoms with van der Waals surface area (Å²) < 4.78 is 72.4. The van der Waals surface area contributed by atoms with Gasteiger partial charge in [-0.2, -0.15) is 17.2 Å². The lowest BCUT2D eigenvalue weighted by molar-refractivity contribution is -0.163. The van der Waals surface area contributed by atoms with Crippen molar-refractivity contribution in [3.05, 3.63) is 0 Å². The van der Waals surface area contributed by atoms with E-state index < -0.39 is 27.9 Å². The van der Waals surface area contributed by atoms with Crippen molar-refractivity contribution >= 4 is 16.1 Å². The van der Waals surface area contributed by atoms with Crippen molar-refractivity contribution in [2.24, 2.45) is 0 Å². The van der Waals surface area contributed by atoms with Gasteiger partial charge in [-0.3, -0.25) is 4.55 Å². The molecule has 0 spiro atoms. The van der Waals surface area contributed by atoms with Crippen LogP contribution in [0, 0.1) is 0 Å². The molecule has 0 aromatic carbocycles. The maximum Gasteiger partial charge on any atom is 0.465 e. The van der Waals surface area contributed by atoms with Gasteiger partial charge in [0, 0.05) is 7.11 Å². The van der Waals surface area contributed by atoms with E-state index >= 15 is 0 Å². The smallest absolute Gasteiger partial charge is 0.458 e. The SMILES string of the molecule is COCCOCCOCCOC(=O)C(F)(F)S(=O)(=O)O. The topological polar surface area (TPSA) is 108 Å². The molecule has 0 saturated carbocycles. The highest BCUT2D eigenvalue weighted by molar-refractivity contribution is 7.87. The first kappa shape index (κ1) is 19.1. The van der Waals surface area contributed by atoms with Gasteiger partial charge in [0.2, 0.25) is 0 Å². The van der Waals surface area contributed by atoms with E-state index in [-0.39, 0.29) is 19.8 Å². The number of rotatable bonds is 11. The molecule has 0 aromatic rings. The van der Waals surface area contributed by atoms with Gasteiger partial charge >= 0.3 is 21.3 Å². The minimum atomic E-state index is -5.84. The molecule has 0 heterocycles.